The van der Waals surface area contributed by atoms with Crippen molar-refractivity contribution < 1.29 is 9.59 Å². The minimum atomic E-state index is -0.203. The second-order valence-electron chi connectivity index (χ2n) is 4.95. The summed E-state index contributed by atoms with van der Waals surface area (Å²) in [6.07, 6.45) is 2.30. The summed E-state index contributed by atoms with van der Waals surface area (Å²) in [5.74, 6) is -0.0881. The van der Waals surface area contributed by atoms with Gasteiger partial charge in [-0.3, -0.25) is 14.6 Å². The highest BCUT2D eigenvalue weighted by molar-refractivity contribution is 5.81. The lowest BCUT2D eigenvalue weighted by Crippen LogP contribution is -2.36. The topological polar surface area (TPSA) is 53.5 Å². The van der Waals surface area contributed by atoms with Gasteiger partial charge in [0, 0.05) is 51.9 Å². The van der Waals surface area contributed by atoms with E-state index in [9.17, 15) is 9.59 Å². The predicted octanol–water partition coefficient (Wildman–Crippen LogP) is 0.561. The summed E-state index contributed by atoms with van der Waals surface area (Å²) in [5.41, 5.74) is 0.889. The predicted molar refractivity (Wildman–Crippen MR) is 71.3 cm³/mol. The quantitative estimate of drug-likeness (QED) is 0.781. The van der Waals surface area contributed by atoms with Gasteiger partial charge in [0.2, 0.25) is 11.8 Å². The number of aromatic nitrogens is 1. The minimum Gasteiger partial charge on any atom is -0.344 e. The van der Waals surface area contributed by atoms with Crippen LogP contribution in [0.3, 0.4) is 0 Å². The lowest BCUT2D eigenvalue weighted by atomic mass is 10.0. The number of likely N-dealkylation sites (N-methyl/N-ethyl adjacent to an activating group) is 1. The van der Waals surface area contributed by atoms with E-state index in [1.165, 1.54) is 0 Å². The van der Waals surface area contributed by atoms with Gasteiger partial charge in [-0.2, -0.15) is 0 Å². The SMILES string of the molecule is CC(=O)N1CCN(C)C(=O)[C@@H](Cc2ccccn2)C1. The summed E-state index contributed by atoms with van der Waals surface area (Å²) in [7, 11) is 1.79. The van der Waals surface area contributed by atoms with Crippen LogP contribution in [0.15, 0.2) is 24.4 Å². The zero-order chi connectivity index (χ0) is 13.8. The fraction of sp³-hybridized carbons (Fsp3) is 0.500. The highest BCUT2D eigenvalue weighted by atomic mass is 16.2. The van der Waals surface area contributed by atoms with Gasteiger partial charge >= 0.3 is 0 Å². The van der Waals surface area contributed by atoms with Gasteiger partial charge < -0.3 is 9.80 Å². The van der Waals surface area contributed by atoms with Crippen LogP contribution in [0.25, 0.3) is 0 Å². The van der Waals surface area contributed by atoms with Gasteiger partial charge in [0.25, 0.3) is 0 Å². The molecule has 0 saturated carbocycles. The number of rotatable bonds is 2. The lowest BCUT2D eigenvalue weighted by Gasteiger charge is -2.21. The van der Waals surface area contributed by atoms with Gasteiger partial charge in [-0.05, 0) is 12.1 Å². The molecule has 1 aliphatic rings. The monoisotopic (exact) mass is 261 g/mol. The van der Waals surface area contributed by atoms with Crippen LogP contribution in [-0.4, -0.2) is 53.3 Å². The van der Waals surface area contributed by atoms with Crippen LogP contribution in [0, 0.1) is 5.92 Å². The first-order chi connectivity index (χ1) is 9.08. The number of pyridine rings is 1. The van der Waals surface area contributed by atoms with E-state index >= 15 is 0 Å². The van der Waals surface area contributed by atoms with Crippen molar-refractivity contribution in [3.63, 3.8) is 0 Å². The Morgan fingerprint density at radius 2 is 2.21 bits per heavy atom. The van der Waals surface area contributed by atoms with Crippen LogP contribution in [0.5, 0.6) is 0 Å². The Balaban J connectivity index is 2.14. The number of carbonyl (C=O) groups is 2. The maximum absolute atomic E-state index is 12.3. The van der Waals surface area contributed by atoms with Gasteiger partial charge in [0.1, 0.15) is 0 Å². The maximum atomic E-state index is 12.3. The summed E-state index contributed by atoms with van der Waals surface area (Å²) < 4.78 is 0. The van der Waals surface area contributed by atoms with Crippen molar-refractivity contribution in [3.05, 3.63) is 30.1 Å². The van der Waals surface area contributed by atoms with E-state index in [4.69, 9.17) is 0 Å². The molecule has 2 amide bonds. The number of carbonyl (C=O) groups excluding carboxylic acids is 2. The summed E-state index contributed by atoms with van der Waals surface area (Å²) in [4.78, 5) is 31.5. The molecule has 1 atom stereocenters. The molecular formula is C14H19N3O2. The van der Waals surface area contributed by atoms with Crippen molar-refractivity contribution in [2.75, 3.05) is 26.7 Å². The Morgan fingerprint density at radius 3 is 2.84 bits per heavy atom. The summed E-state index contributed by atoms with van der Waals surface area (Å²) in [5, 5.41) is 0. The van der Waals surface area contributed by atoms with E-state index < -0.39 is 0 Å². The highest BCUT2D eigenvalue weighted by Gasteiger charge is 2.29. The molecule has 1 aromatic heterocycles. The fourth-order valence-corrected chi connectivity index (χ4v) is 2.34. The van der Waals surface area contributed by atoms with Crippen molar-refractivity contribution in [2.24, 2.45) is 5.92 Å². The molecule has 1 saturated heterocycles. The Hall–Kier alpha value is -1.91. The first kappa shape index (κ1) is 13.5. The fourth-order valence-electron chi connectivity index (χ4n) is 2.34. The van der Waals surface area contributed by atoms with Gasteiger partial charge in [-0.15, -0.1) is 0 Å². The summed E-state index contributed by atoms with van der Waals surface area (Å²) >= 11 is 0. The van der Waals surface area contributed by atoms with Crippen LogP contribution >= 0.6 is 0 Å². The molecule has 1 aliphatic heterocycles. The minimum absolute atomic E-state index is 0.0223. The molecule has 19 heavy (non-hydrogen) atoms. The van der Waals surface area contributed by atoms with Gasteiger partial charge in [0.15, 0.2) is 0 Å². The van der Waals surface area contributed by atoms with Crippen molar-refractivity contribution in [3.8, 4) is 0 Å². The number of hydrogen-bond donors (Lipinski definition) is 0. The average Bonchev–Trinajstić information content (AvgIpc) is 2.54. The Morgan fingerprint density at radius 1 is 1.42 bits per heavy atom. The zero-order valence-corrected chi connectivity index (χ0v) is 11.4. The van der Waals surface area contributed by atoms with E-state index in [1.54, 1.807) is 30.0 Å². The van der Waals surface area contributed by atoms with E-state index in [0.29, 0.717) is 26.1 Å². The van der Waals surface area contributed by atoms with Gasteiger partial charge in [-0.1, -0.05) is 6.07 Å². The van der Waals surface area contributed by atoms with E-state index in [1.807, 2.05) is 18.2 Å². The lowest BCUT2D eigenvalue weighted by molar-refractivity contribution is -0.133. The molecule has 1 fully saturated rings. The smallest absolute Gasteiger partial charge is 0.227 e. The molecule has 0 aliphatic carbocycles. The van der Waals surface area contributed by atoms with Crippen molar-refractivity contribution in [1.82, 2.24) is 14.8 Å². The molecule has 0 aromatic carbocycles. The van der Waals surface area contributed by atoms with Crippen molar-refractivity contribution in [2.45, 2.75) is 13.3 Å². The summed E-state index contributed by atoms with van der Waals surface area (Å²) in [6, 6.07) is 5.68. The molecule has 0 bridgehead atoms. The Kier molecular flexibility index (Phi) is 4.14. The second-order valence-corrected chi connectivity index (χ2v) is 4.95. The third-order valence-corrected chi connectivity index (χ3v) is 3.50. The Bertz CT molecular complexity index is 461. The first-order valence-electron chi connectivity index (χ1n) is 6.48. The van der Waals surface area contributed by atoms with Crippen LogP contribution in [-0.2, 0) is 16.0 Å². The molecule has 2 rings (SSSR count). The van der Waals surface area contributed by atoms with Crippen LogP contribution < -0.4 is 0 Å². The molecule has 0 N–H and O–H groups in total. The van der Waals surface area contributed by atoms with Gasteiger partial charge in [0.05, 0.1) is 5.92 Å². The molecule has 0 unspecified atom stereocenters. The van der Waals surface area contributed by atoms with Crippen LogP contribution in [0.4, 0.5) is 0 Å². The van der Waals surface area contributed by atoms with E-state index in [-0.39, 0.29) is 17.7 Å². The molecule has 2 heterocycles. The number of amides is 2. The Labute approximate surface area is 113 Å². The second kappa shape index (κ2) is 5.82. The largest absolute Gasteiger partial charge is 0.344 e. The molecule has 5 nitrogen and oxygen atoms in total. The molecule has 5 heteroatoms. The van der Waals surface area contributed by atoms with Gasteiger partial charge in [-0.25, -0.2) is 0 Å². The molecule has 0 radical (unpaired) electrons. The zero-order valence-electron chi connectivity index (χ0n) is 11.4. The highest BCUT2D eigenvalue weighted by Crippen LogP contribution is 2.15. The standard InChI is InChI=1S/C14H19N3O2/c1-11(18)17-8-7-16(2)14(19)12(10-17)9-13-5-3-4-6-15-13/h3-6,12H,7-10H2,1-2H3/t12-/m0/s1. The third-order valence-electron chi connectivity index (χ3n) is 3.50. The molecule has 102 valence electrons. The molecule has 0 spiro atoms. The van der Waals surface area contributed by atoms with E-state index in [2.05, 4.69) is 4.98 Å². The average molecular weight is 261 g/mol. The van der Waals surface area contributed by atoms with Crippen molar-refractivity contribution in [1.29, 1.82) is 0 Å². The number of nitrogens with zero attached hydrogens (tertiary/aromatic N) is 3. The first-order valence-corrected chi connectivity index (χ1v) is 6.48. The maximum Gasteiger partial charge on any atom is 0.227 e. The normalized spacial score (nSPS) is 20.3. The van der Waals surface area contributed by atoms with Crippen LogP contribution in [0.1, 0.15) is 12.6 Å². The molecular weight excluding hydrogens is 242 g/mol. The van der Waals surface area contributed by atoms with Crippen molar-refractivity contribution >= 4 is 11.8 Å². The molecule has 1 aromatic rings. The number of hydrogen-bond acceptors (Lipinski definition) is 3. The van der Waals surface area contributed by atoms with E-state index in [0.717, 1.165) is 5.69 Å². The third kappa shape index (κ3) is 3.30. The summed E-state index contributed by atoms with van der Waals surface area (Å²) in [6.45, 7) is 3.23. The van der Waals surface area contributed by atoms with Crippen LogP contribution in [0.2, 0.25) is 0 Å².